The summed E-state index contributed by atoms with van der Waals surface area (Å²) in [5.41, 5.74) is 0. The molecule has 0 fully saturated rings. The number of carbonyl (C=O) groups is 1. The molecule has 0 aliphatic carbocycles. The fraction of sp³-hybridized carbons (Fsp3) is 0.667. The van der Waals surface area contributed by atoms with Crippen LogP contribution in [0.4, 0.5) is 0 Å². The molecular formula is C9H16O3. The Morgan fingerprint density at radius 2 is 2.25 bits per heavy atom. The highest BCUT2D eigenvalue weighted by atomic mass is 16.5. The third kappa shape index (κ3) is 4.91. The summed E-state index contributed by atoms with van der Waals surface area (Å²) in [5, 5.41) is 9.21. The van der Waals surface area contributed by atoms with E-state index in [9.17, 15) is 9.90 Å². The number of hydrogen-bond acceptors (Lipinski definition) is 3. The Morgan fingerprint density at radius 1 is 1.67 bits per heavy atom. The zero-order valence-corrected chi connectivity index (χ0v) is 7.62. The molecule has 0 aromatic heterocycles. The van der Waals surface area contributed by atoms with Gasteiger partial charge in [0.2, 0.25) is 0 Å². The highest BCUT2D eigenvalue weighted by Gasteiger charge is 2.16. The molecule has 0 unspecified atom stereocenters. The third-order valence-electron chi connectivity index (χ3n) is 1.31. The molecule has 0 aromatic rings. The molecule has 1 N–H and O–H groups in total. The molecule has 1 atom stereocenters. The summed E-state index contributed by atoms with van der Waals surface area (Å²) >= 11 is 0. The van der Waals surface area contributed by atoms with Crippen molar-refractivity contribution in [3.05, 3.63) is 12.7 Å². The normalized spacial score (nSPS) is 12.7. The molecule has 0 aromatic carbocycles. The van der Waals surface area contributed by atoms with Gasteiger partial charge in [0.25, 0.3) is 0 Å². The second-order valence-electron chi connectivity index (χ2n) is 3.06. The lowest BCUT2D eigenvalue weighted by atomic mass is 10.1. The van der Waals surface area contributed by atoms with E-state index >= 15 is 0 Å². The van der Waals surface area contributed by atoms with Crippen molar-refractivity contribution in [2.24, 2.45) is 5.92 Å². The Hall–Kier alpha value is -0.830. The third-order valence-corrected chi connectivity index (χ3v) is 1.31. The summed E-state index contributed by atoms with van der Waals surface area (Å²) in [4.78, 5) is 10.9. The maximum absolute atomic E-state index is 10.9. The van der Waals surface area contributed by atoms with Gasteiger partial charge in [-0.05, 0) is 12.3 Å². The van der Waals surface area contributed by atoms with Crippen molar-refractivity contribution in [2.45, 2.75) is 26.4 Å². The van der Waals surface area contributed by atoms with Crippen molar-refractivity contribution < 1.29 is 14.6 Å². The van der Waals surface area contributed by atoms with Gasteiger partial charge in [-0.2, -0.15) is 0 Å². The van der Waals surface area contributed by atoms with Gasteiger partial charge in [-0.25, -0.2) is 4.79 Å². The molecule has 0 radical (unpaired) electrons. The Bertz CT molecular complexity index is 152. The quantitative estimate of drug-likeness (QED) is 0.499. The first-order chi connectivity index (χ1) is 5.57. The summed E-state index contributed by atoms with van der Waals surface area (Å²) < 4.78 is 4.65. The van der Waals surface area contributed by atoms with Gasteiger partial charge in [-0.3, -0.25) is 0 Å². The number of rotatable bonds is 5. The highest BCUT2D eigenvalue weighted by molar-refractivity contribution is 5.74. The minimum absolute atomic E-state index is 0.161. The van der Waals surface area contributed by atoms with Crippen molar-refractivity contribution in [3.63, 3.8) is 0 Å². The van der Waals surface area contributed by atoms with Crippen LogP contribution >= 0.6 is 0 Å². The Kier molecular flexibility index (Phi) is 5.37. The lowest BCUT2D eigenvalue weighted by Crippen LogP contribution is -2.24. The van der Waals surface area contributed by atoms with Crippen LogP contribution in [0.3, 0.4) is 0 Å². The highest BCUT2D eigenvalue weighted by Crippen LogP contribution is 2.05. The van der Waals surface area contributed by atoms with Gasteiger partial charge >= 0.3 is 5.97 Å². The molecule has 70 valence electrons. The molecule has 3 heteroatoms. The van der Waals surface area contributed by atoms with Crippen molar-refractivity contribution in [1.82, 2.24) is 0 Å². The van der Waals surface area contributed by atoms with Crippen LogP contribution in [0.15, 0.2) is 12.7 Å². The molecule has 0 aliphatic rings. The maximum atomic E-state index is 10.9. The molecule has 0 rings (SSSR count). The van der Waals surface area contributed by atoms with Gasteiger partial charge < -0.3 is 9.84 Å². The predicted octanol–water partition coefficient (Wildman–Crippen LogP) is 1.12. The lowest BCUT2D eigenvalue weighted by Gasteiger charge is -2.11. The second kappa shape index (κ2) is 5.77. The standard InChI is InChI=1S/C9H16O3/c1-4-5-12-9(11)8(10)6-7(2)3/h4,7-8,10H,1,5-6H2,2-3H3/t8-/m0/s1. The summed E-state index contributed by atoms with van der Waals surface area (Å²) in [6.07, 6.45) is 0.917. The van der Waals surface area contributed by atoms with Crippen molar-refractivity contribution in [1.29, 1.82) is 0 Å². The smallest absolute Gasteiger partial charge is 0.335 e. The number of ether oxygens (including phenoxy) is 1. The van der Waals surface area contributed by atoms with Gasteiger partial charge in [0.1, 0.15) is 6.61 Å². The molecule has 0 heterocycles. The summed E-state index contributed by atoms with van der Waals surface area (Å²) in [6.45, 7) is 7.42. The molecule has 12 heavy (non-hydrogen) atoms. The van der Waals surface area contributed by atoms with Gasteiger partial charge in [-0.15, -0.1) is 0 Å². The van der Waals surface area contributed by atoms with E-state index < -0.39 is 12.1 Å². The molecule has 0 saturated heterocycles. The zero-order valence-electron chi connectivity index (χ0n) is 7.62. The number of aliphatic hydroxyl groups is 1. The van der Waals surface area contributed by atoms with Gasteiger partial charge in [-0.1, -0.05) is 26.5 Å². The fourth-order valence-electron chi connectivity index (χ4n) is 0.780. The summed E-state index contributed by atoms with van der Waals surface area (Å²) in [6, 6.07) is 0. The minimum atomic E-state index is -0.995. The first-order valence-electron chi connectivity index (χ1n) is 4.03. The average molecular weight is 172 g/mol. The molecule has 0 amide bonds. The van der Waals surface area contributed by atoms with E-state index in [0.717, 1.165) is 0 Å². The Labute approximate surface area is 73.0 Å². The predicted molar refractivity (Wildman–Crippen MR) is 46.6 cm³/mol. The van der Waals surface area contributed by atoms with Crippen LogP contribution < -0.4 is 0 Å². The second-order valence-corrected chi connectivity index (χ2v) is 3.06. The van der Waals surface area contributed by atoms with E-state index in [1.165, 1.54) is 6.08 Å². The van der Waals surface area contributed by atoms with E-state index in [1.54, 1.807) is 0 Å². The summed E-state index contributed by atoms with van der Waals surface area (Å²) in [5.74, 6) is -0.278. The number of esters is 1. The van der Waals surface area contributed by atoms with E-state index in [0.29, 0.717) is 6.42 Å². The van der Waals surface area contributed by atoms with Gasteiger partial charge in [0, 0.05) is 0 Å². The van der Waals surface area contributed by atoms with Crippen molar-refractivity contribution in [2.75, 3.05) is 6.61 Å². The largest absolute Gasteiger partial charge is 0.460 e. The topological polar surface area (TPSA) is 46.5 Å². The molecule has 3 nitrogen and oxygen atoms in total. The molecule has 0 spiro atoms. The van der Waals surface area contributed by atoms with Crippen molar-refractivity contribution in [3.8, 4) is 0 Å². The van der Waals surface area contributed by atoms with Crippen molar-refractivity contribution >= 4 is 5.97 Å². The molecule has 0 bridgehead atoms. The van der Waals surface area contributed by atoms with E-state index in [1.807, 2.05) is 13.8 Å². The minimum Gasteiger partial charge on any atom is -0.460 e. The van der Waals surface area contributed by atoms with Crippen LogP contribution in [0.25, 0.3) is 0 Å². The fourth-order valence-corrected chi connectivity index (χ4v) is 0.780. The molecule has 0 aliphatic heterocycles. The summed E-state index contributed by atoms with van der Waals surface area (Å²) in [7, 11) is 0. The van der Waals surface area contributed by atoms with Crippen LogP contribution in [0.2, 0.25) is 0 Å². The van der Waals surface area contributed by atoms with Crippen LogP contribution in [0, 0.1) is 5.92 Å². The van der Waals surface area contributed by atoms with Crippen LogP contribution in [0.5, 0.6) is 0 Å². The van der Waals surface area contributed by atoms with Crippen LogP contribution in [0.1, 0.15) is 20.3 Å². The average Bonchev–Trinajstić information content (AvgIpc) is 1.98. The maximum Gasteiger partial charge on any atom is 0.335 e. The lowest BCUT2D eigenvalue weighted by molar-refractivity contribution is -0.153. The Balaban J connectivity index is 3.68. The van der Waals surface area contributed by atoms with E-state index in [2.05, 4.69) is 11.3 Å². The Morgan fingerprint density at radius 3 is 2.67 bits per heavy atom. The van der Waals surface area contributed by atoms with E-state index in [4.69, 9.17) is 0 Å². The first kappa shape index (κ1) is 11.2. The molecular weight excluding hydrogens is 156 g/mol. The van der Waals surface area contributed by atoms with Crippen LogP contribution in [-0.4, -0.2) is 23.8 Å². The monoisotopic (exact) mass is 172 g/mol. The zero-order chi connectivity index (χ0) is 9.56. The van der Waals surface area contributed by atoms with E-state index in [-0.39, 0.29) is 12.5 Å². The number of aliphatic hydroxyl groups excluding tert-OH is 1. The SMILES string of the molecule is C=CCOC(=O)[C@@H](O)CC(C)C. The molecule has 0 saturated carbocycles. The number of carbonyl (C=O) groups excluding carboxylic acids is 1. The van der Waals surface area contributed by atoms with Gasteiger partial charge in [0.15, 0.2) is 6.10 Å². The van der Waals surface area contributed by atoms with Crippen LogP contribution in [-0.2, 0) is 9.53 Å². The first-order valence-corrected chi connectivity index (χ1v) is 4.03. The van der Waals surface area contributed by atoms with Gasteiger partial charge in [0.05, 0.1) is 0 Å². The number of hydrogen-bond donors (Lipinski definition) is 1.